The van der Waals surface area contributed by atoms with Crippen molar-refractivity contribution >= 4 is 11.5 Å². The van der Waals surface area contributed by atoms with Gasteiger partial charge in [0, 0.05) is 56.3 Å². The van der Waals surface area contributed by atoms with Gasteiger partial charge in [0.15, 0.2) is 0 Å². The first-order chi connectivity index (χ1) is 15.7. The molecule has 1 aromatic carbocycles. The number of morpholine rings is 1. The largest absolute Gasteiger partial charge is 0.490 e. The van der Waals surface area contributed by atoms with E-state index in [1.165, 1.54) is 5.56 Å². The molecule has 7 heteroatoms. The van der Waals surface area contributed by atoms with Crippen molar-refractivity contribution in [1.82, 2.24) is 4.98 Å². The number of hydrogen-bond acceptors (Lipinski definition) is 6. The van der Waals surface area contributed by atoms with Gasteiger partial charge in [-0.15, -0.1) is 0 Å². The SMILES string of the molecule is O=c1cc(N2CCOCC2)cc(N2CCCC2Cc2cccc(OC3CCOCC3)c2)[nH]1. The number of ether oxygens (including phenoxy) is 3. The summed E-state index contributed by atoms with van der Waals surface area (Å²) in [5.74, 6) is 1.87. The highest BCUT2D eigenvalue weighted by atomic mass is 16.5. The van der Waals surface area contributed by atoms with Gasteiger partial charge in [-0.1, -0.05) is 12.1 Å². The first kappa shape index (κ1) is 21.3. The number of hydrogen-bond donors (Lipinski definition) is 1. The Balaban J connectivity index is 1.29. The topological polar surface area (TPSA) is 67.0 Å². The van der Waals surface area contributed by atoms with Crippen LogP contribution in [0.5, 0.6) is 5.75 Å². The van der Waals surface area contributed by atoms with E-state index in [1.807, 2.05) is 0 Å². The minimum absolute atomic E-state index is 0.0403. The number of nitrogens with one attached hydrogen (secondary N) is 1. The number of nitrogens with zero attached hydrogens (tertiary/aromatic N) is 2. The van der Waals surface area contributed by atoms with Crippen molar-refractivity contribution in [3.8, 4) is 5.75 Å². The summed E-state index contributed by atoms with van der Waals surface area (Å²) in [6, 6.07) is 12.7. The third-order valence-corrected chi connectivity index (χ3v) is 6.72. The molecule has 0 radical (unpaired) electrons. The Morgan fingerprint density at radius 1 is 0.969 bits per heavy atom. The molecule has 2 aromatic rings. The van der Waals surface area contributed by atoms with Crippen LogP contribution < -0.4 is 20.1 Å². The van der Waals surface area contributed by atoms with E-state index in [0.717, 1.165) is 82.2 Å². The predicted molar refractivity (Wildman–Crippen MR) is 125 cm³/mol. The highest BCUT2D eigenvalue weighted by molar-refractivity contribution is 5.56. The van der Waals surface area contributed by atoms with Crippen LogP contribution in [-0.2, 0) is 15.9 Å². The number of rotatable bonds is 6. The van der Waals surface area contributed by atoms with Crippen LogP contribution in [0.3, 0.4) is 0 Å². The predicted octanol–water partition coefficient (Wildman–Crippen LogP) is 2.98. The van der Waals surface area contributed by atoms with Gasteiger partial charge in [0.25, 0.3) is 5.56 Å². The molecule has 172 valence electrons. The van der Waals surface area contributed by atoms with Gasteiger partial charge in [0.1, 0.15) is 17.7 Å². The van der Waals surface area contributed by atoms with Crippen molar-refractivity contribution < 1.29 is 14.2 Å². The van der Waals surface area contributed by atoms with Gasteiger partial charge in [0.2, 0.25) is 0 Å². The van der Waals surface area contributed by atoms with E-state index in [0.29, 0.717) is 19.3 Å². The van der Waals surface area contributed by atoms with Crippen molar-refractivity contribution in [2.24, 2.45) is 0 Å². The average Bonchev–Trinajstić information content (AvgIpc) is 3.28. The molecule has 1 aromatic heterocycles. The number of pyridine rings is 1. The number of H-pyrrole nitrogens is 1. The second kappa shape index (κ2) is 9.96. The molecular formula is C25H33N3O4. The maximum Gasteiger partial charge on any atom is 0.251 e. The summed E-state index contributed by atoms with van der Waals surface area (Å²) in [4.78, 5) is 20.1. The van der Waals surface area contributed by atoms with Crippen molar-refractivity contribution in [3.05, 3.63) is 52.3 Å². The Bertz CT molecular complexity index is 950. The van der Waals surface area contributed by atoms with E-state index >= 15 is 0 Å². The fraction of sp³-hybridized carbons (Fsp3) is 0.560. The van der Waals surface area contributed by atoms with Crippen molar-refractivity contribution in [3.63, 3.8) is 0 Å². The molecule has 3 saturated heterocycles. The first-order valence-electron chi connectivity index (χ1n) is 11.9. The summed E-state index contributed by atoms with van der Waals surface area (Å²) >= 11 is 0. The van der Waals surface area contributed by atoms with Crippen LogP contribution in [0.2, 0.25) is 0 Å². The molecule has 7 nitrogen and oxygen atoms in total. The minimum atomic E-state index is -0.0403. The molecule has 1 N–H and O–H groups in total. The summed E-state index contributed by atoms with van der Waals surface area (Å²) in [6.45, 7) is 5.59. The van der Waals surface area contributed by atoms with Gasteiger partial charge in [-0.2, -0.15) is 0 Å². The number of aromatic amines is 1. The number of aromatic nitrogens is 1. The summed E-state index contributed by atoms with van der Waals surface area (Å²) < 4.78 is 17.1. The van der Waals surface area contributed by atoms with Crippen LogP contribution in [0.15, 0.2) is 41.2 Å². The Kier molecular flexibility index (Phi) is 6.64. The zero-order valence-electron chi connectivity index (χ0n) is 18.6. The van der Waals surface area contributed by atoms with Gasteiger partial charge >= 0.3 is 0 Å². The molecule has 0 aliphatic carbocycles. The van der Waals surface area contributed by atoms with Crippen LogP contribution in [0.25, 0.3) is 0 Å². The van der Waals surface area contributed by atoms with Crippen LogP contribution in [0, 0.1) is 0 Å². The molecule has 0 bridgehead atoms. The first-order valence-corrected chi connectivity index (χ1v) is 11.9. The molecule has 3 aliphatic heterocycles. The molecule has 0 spiro atoms. The fourth-order valence-electron chi connectivity index (χ4n) is 5.04. The lowest BCUT2D eigenvalue weighted by molar-refractivity contribution is 0.0255. The lowest BCUT2D eigenvalue weighted by Crippen LogP contribution is -2.37. The second-order valence-electron chi connectivity index (χ2n) is 8.96. The molecule has 5 rings (SSSR count). The molecule has 32 heavy (non-hydrogen) atoms. The highest BCUT2D eigenvalue weighted by Gasteiger charge is 2.27. The third-order valence-electron chi connectivity index (χ3n) is 6.72. The van der Waals surface area contributed by atoms with E-state index in [9.17, 15) is 4.79 Å². The van der Waals surface area contributed by atoms with Gasteiger partial charge in [-0.3, -0.25) is 4.79 Å². The fourth-order valence-corrected chi connectivity index (χ4v) is 5.04. The molecule has 1 unspecified atom stereocenters. The second-order valence-corrected chi connectivity index (χ2v) is 8.96. The Labute approximate surface area is 189 Å². The van der Waals surface area contributed by atoms with Gasteiger partial charge in [-0.05, 0) is 37.0 Å². The molecule has 3 fully saturated rings. The molecule has 0 saturated carbocycles. The van der Waals surface area contributed by atoms with Gasteiger partial charge in [-0.25, -0.2) is 0 Å². The van der Waals surface area contributed by atoms with E-state index in [4.69, 9.17) is 14.2 Å². The van der Waals surface area contributed by atoms with Crippen LogP contribution in [0.1, 0.15) is 31.2 Å². The van der Waals surface area contributed by atoms with E-state index < -0.39 is 0 Å². The molecule has 1 atom stereocenters. The lowest BCUT2D eigenvalue weighted by atomic mass is 10.0. The maximum atomic E-state index is 12.4. The van der Waals surface area contributed by atoms with Crippen molar-refractivity contribution in [1.29, 1.82) is 0 Å². The van der Waals surface area contributed by atoms with E-state index in [2.05, 4.69) is 45.1 Å². The van der Waals surface area contributed by atoms with Crippen LogP contribution >= 0.6 is 0 Å². The maximum absolute atomic E-state index is 12.4. The van der Waals surface area contributed by atoms with Gasteiger partial charge in [0.05, 0.1) is 26.4 Å². The van der Waals surface area contributed by atoms with Crippen molar-refractivity contribution in [2.75, 3.05) is 55.9 Å². The number of benzene rings is 1. The van der Waals surface area contributed by atoms with Crippen LogP contribution in [0.4, 0.5) is 11.5 Å². The Morgan fingerprint density at radius 3 is 2.62 bits per heavy atom. The zero-order valence-corrected chi connectivity index (χ0v) is 18.6. The minimum Gasteiger partial charge on any atom is -0.490 e. The molecule has 3 aliphatic rings. The van der Waals surface area contributed by atoms with Gasteiger partial charge < -0.3 is 29.0 Å². The monoisotopic (exact) mass is 439 g/mol. The smallest absolute Gasteiger partial charge is 0.251 e. The molecular weight excluding hydrogens is 406 g/mol. The number of anilines is 2. The molecule has 0 amide bonds. The van der Waals surface area contributed by atoms with Crippen molar-refractivity contribution in [2.45, 2.75) is 44.2 Å². The highest BCUT2D eigenvalue weighted by Crippen LogP contribution is 2.29. The Morgan fingerprint density at radius 2 is 1.78 bits per heavy atom. The van der Waals surface area contributed by atoms with E-state index in [-0.39, 0.29) is 11.7 Å². The third kappa shape index (κ3) is 5.10. The quantitative estimate of drug-likeness (QED) is 0.747. The normalized spacial score (nSPS) is 22.3. The Hall–Kier alpha value is -2.51. The van der Waals surface area contributed by atoms with Crippen LogP contribution in [-0.4, -0.2) is 63.2 Å². The standard InChI is InChI=1S/C25H33N3O4/c29-25-18-21(27-9-13-31-14-10-27)17-24(26-25)28-8-2-4-20(28)15-19-3-1-5-23(16-19)32-22-6-11-30-12-7-22/h1,3,5,16-18,20,22H,2,4,6-15H2,(H,26,29). The summed E-state index contributed by atoms with van der Waals surface area (Å²) in [7, 11) is 0. The van der Waals surface area contributed by atoms with E-state index in [1.54, 1.807) is 6.07 Å². The summed E-state index contributed by atoms with van der Waals surface area (Å²) in [6.07, 6.45) is 5.34. The summed E-state index contributed by atoms with van der Waals surface area (Å²) in [5, 5.41) is 0. The molecule has 4 heterocycles. The zero-order chi connectivity index (χ0) is 21.8. The average molecular weight is 440 g/mol. The lowest BCUT2D eigenvalue weighted by Gasteiger charge is -2.31. The summed E-state index contributed by atoms with van der Waals surface area (Å²) in [5.41, 5.74) is 2.23.